The second kappa shape index (κ2) is 4.54. The number of halogens is 1. The lowest BCUT2D eigenvalue weighted by Gasteiger charge is -2.34. The van der Waals surface area contributed by atoms with Crippen molar-refractivity contribution in [2.75, 3.05) is 0 Å². The molecule has 1 aliphatic carbocycles. The third-order valence-electron chi connectivity index (χ3n) is 3.32. The number of benzene rings is 1. The van der Waals surface area contributed by atoms with Crippen LogP contribution in [0.4, 0.5) is 4.39 Å². The zero-order valence-electron chi connectivity index (χ0n) is 9.88. The molecule has 1 atom stereocenters. The highest BCUT2D eigenvalue weighted by Crippen LogP contribution is 2.38. The second-order valence-electron chi connectivity index (χ2n) is 5.18. The van der Waals surface area contributed by atoms with Crippen LogP contribution in [0.3, 0.4) is 0 Å². The lowest BCUT2D eigenvalue weighted by Crippen LogP contribution is -2.34. The Morgan fingerprint density at radius 1 is 1.38 bits per heavy atom. The van der Waals surface area contributed by atoms with E-state index >= 15 is 0 Å². The molecule has 0 spiro atoms. The summed E-state index contributed by atoms with van der Waals surface area (Å²) in [5.74, 6) is 0. The highest BCUT2D eigenvalue weighted by Gasteiger charge is 2.36. The molecule has 2 heteroatoms. The van der Waals surface area contributed by atoms with Crippen molar-refractivity contribution >= 4 is 0 Å². The Morgan fingerprint density at radius 3 is 2.62 bits per heavy atom. The van der Waals surface area contributed by atoms with E-state index in [0.29, 0.717) is 6.42 Å². The summed E-state index contributed by atoms with van der Waals surface area (Å²) in [4.78, 5) is 0. The van der Waals surface area contributed by atoms with Crippen LogP contribution in [0.15, 0.2) is 24.3 Å². The van der Waals surface area contributed by atoms with Crippen LogP contribution in [0.2, 0.25) is 0 Å². The second-order valence-corrected chi connectivity index (χ2v) is 5.18. The Kier molecular flexibility index (Phi) is 3.29. The molecule has 0 heterocycles. The maximum absolute atomic E-state index is 14.0. The molecule has 0 amide bonds. The molecule has 16 heavy (non-hydrogen) atoms. The Morgan fingerprint density at radius 2 is 2.06 bits per heavy atom. The highest BCUT2D eigenvalue weighted by molar-refractivity contribution is 5.26. The van der Waals surface area contributed by atoms with Gasteiger partial charge in [-0.3, -0.25) is 0 Å². The number of rotatable bonds is 4. The van der Waals surface area contributed by atoms with E-state index in [4.69, 9.17) is 5.73 Å². The number of hydrogen-bond donors (Lipinski definition) is 1. The SMILES string of the molecule is CC(N)Cc1cccc(CC2(F)CCC2)c1. The summed E-state index contributed by atoms with van der Waals surface area (Å²) >= 11 is 0. The van der Waals surface area contributed by atoms with E-state index in [1.807, 2.05) is 19.1 Å². The van der Waals surface area contributed by atoms with Crippen LogP contribution in [0.25, 0.3) is 0 Å². The molecule has 2 rings (SSSR count). The molecule has 2 N–H and O–H groups in total. The highest BCUT2D eigenvalue weighted by atomic mass is 19.1. The van der Waals surface area contributed by atoms with E-state index < -0.39 is 5.67 Å². The lowest BCUT2D eigenvalue weighted by atomic mass is 9.77. The maximum Gasteiger partial charge on any atom is 0.115 e. The third kappa shape index (κ3) is 2.82. The van der Waals surface area contributed by atoms with E-state index in [1.54, 1.807) is 0 Å². The topological polar surface area (TPSA) is 26.0 Å². The Hall–Kier alpha value is -0.890. The van der Waals surface area contributed by atoms with Crippen molar-refractivity contribution in [2.24, 2.45) is 5.73 Å². The first-order chi connectivity index (χ1) is 7.57. The van der Waals surface area contributed by atoms with Crippen LogP contribution in [-0.2, 0) is 12.8 Å². The van der Waals surface area contributed by atoms with E-state index in [1.165, 1.54) is 5.56 Å². The molecule has 1 unspecified atom stereocenters. The fraction of sp³-hybridized carbons (Fsp3) is 0.571. The summed E-state index contributed by atoms with van der Waals surface area (Å²) in [5.41, 5.74) is 7.17. The summed E-state index contributed by atoms with van der Waals surface area (Å²) in [7, 11) is 0. The molecular formula is C14H20FN. The standard InChI is InChI=1S/C14H20FN/c1-11(16)8-12-4-2-5-13(9-12)10-14(15)6-3-7-14/h2,4-5,9,11H,3,6-8,10,16H2,1H3. The van der Waals surface area contributed by atoms with Gasteiger partial charge in [0.1, 0.15) is 5.67 Å². The average molecular weight is 221 g/mol. The van der Waals surface area contributed by atoms with Crippen molar-refractivity contribution in [1.82, 2.24) is 0 Å². The fourth-order valence-corrected chi connectivity index (χ4v) is 2.34. The zero-order chi connectivity index (χ0) is 11.6. The van der Waals surface area contributed by atoms with Gasteiger partial charge in [-0.1, -0.05) is 24.3 Å². The molecule has 0 aromatic heterocycles. The van der Waals surface area contributed by atoms with Crippen LogP contribution >= 0.6 is 0 Å². The van der Waals surface area contributed by atoms with Crippen LogP contribution in [0.1, 0.15) is 37.3 Å². The van der Waals surface area contributed by atoms with Gasteiger partial charge in [-0.2, -0.15) is 0 Å². The number of nitrogens with two attached hydrogens (primary N) is 1. The van der Waals surface area contributed by atoms with Crippen molar-refractivity contribution in [3.8, 4) is 0 Å². The van der Waals surface area contributed by atoms with Gasteiger partial charge in [0.05, 0.1) is 0 Å². The van der Waals surface area contributed by atoms with Gasteiger partial charge in [0.25, 0.3) is 0 Å². The van der Waals surface area contributed by atoms with Gasteiger partial charge >= 0.3 is 0 Å². The summed E-state index contributed by atoms with van der Waals surface area (Å²) in [6.07, 6.45) is 3.93. The van der Waals surface area contributed by atoms with Gasteiger partial charge in [-0.15, -0.1) is 0 Å². The first-order valence-corrected chi connectivity index (χ1v) is 6.10. The van der Waals surface area contributed by atoms with E-state index in [9.17, 15) is 4.39 Å². The average Bonchev–Trinajstić information content (AvgIpc) is 2.14. The predicted octanol–water partition coefficient (Wildman–Crippen LogP) is 3.01. The molecule has 0 radical (unpaired) electrons. The first-order valence-electron chi connectivity index (χ1n) is 6.10. The Bertz CT molecular complexity index is 356. The minimum absolute atomic E-state index is 0.165. The van der Waals surface area contributed by atoms with Crippen LogP contribution in [0, 0.1) is 0 Å². The van der Waals surface area contributed by atoms with Gasteiger partial charge < -0.3 is 5.73 Å². The molecule has 1 fully saturated rings. The van der Waals surface area contributed by atoms with E-state index in [0.717, 1.165) is 31.2 Å². The molecule has 0 bridgehead atoms. The molecule has 1 aromatic rings. The summed E-state index contributed by atoms with van der Waals surface area (Å²) in [5, 5.41) is 0. The minimum Gasteiger partial charge on any atom is -0.328 e. The van der Waals surface area contributed by atoms with Crippen molar-refractivity contribution in [3.63, 3.8) is 0 Å². The normalized spacial score (nSPS) is 20.2. The van der Waals surface area contributed by atoms with Gasteiger partial charge in [0.15, 0.2) is 0 Å². The predicted molar refractivity (Wildman–Crippen MR) is 65.2 cm³/mol. The van der Waals surface area contributed by atoms with Crippen LogP contribution < -0.4 is 5.73 Å². The zero-order valence-corrected chi connectivity index (χ0v) is 9.88. The van der Waals surface area contributed by atoms with Crippen molar-refractivity contribution in [3.05, 3.63) is 35.4 Å². The molecule has 0 aliphatic heterocycles. The largest absolute Gasteiger partial charge is 0.328 e. The smallest absolute Gasteiger partial charge is 0.115 e. The molecule has 1 saturated carbocycles. The Labute approximate surface area is 96.9 Å². The summed E-state index contributed by atoms with van der Waals surface area (Å²) in [6, 6.07) is 8.36. The molecule has 1 aliphatic rings. The molecule has 1 nitrogen and oxygen atoms in total. The quantitative estimate of drug-likeness (QED) is 0.831. The Balaban J connectivity index is 2.04. The summed E-state index contributed by atoms with van der Waals surface area (Å²) in [6.45, 7) is 2.00. The van der Waals surface area contributed by atoms with Crippen LogP contribution in [-0.4, -0.2) is 11.7 Å². The van der Waals surface area contributed by atoms with E-state index in [-0.39, 0.29) is 6.04 Å². The third-order valence-corrected chi connectivity index (χ3v) is 3.32. The van der Waals surface area contributed by atoms with Crippen molar-refractivity contribution in [1.29, 1.82) is 0 Å². The number of hydrogen-bond acceptors (Lipinski definition) is 1. The van der Waals surface area contributed by atoms with Gasteiger partial charge in [-0.05, 0) is 43.7 Å². The molecular weight excluding hydrogens is 201 g/mol. The maximum atomic E-state index is 14.0. The van der Waals surface area contributed by atoms with Crippen molar-refractivity contribution in [2.45, 2.75) is 50.7 Å². The van der Waals surface area contributed by atoms with Gasteiger partial charge in [0, 0.05) is 12.5 Å². The van der Waals surface area contributed by atoms with Crippen molar-refractivity contribution < 1.29 is 4.39 Å². The molecule has 88 valence electrons. The van der Waals surface area contributed by atoms with E-state index in [2.05, 4.69) is 12.1 Å². The monoisotopic (exact) mass is 221 g/mol. The van der Waals surface area contributed by atoms with Crippen LogP contribution in [0.5, 0.6) is 0 Å². The van der Waals surface area contributed by atoms with Gasteiger partial charge in [-0.25, -0.2) is 4.39 Å². The summed E-state index contributed by atoms with van der Waals surface area (Å²) < 4.78 is 14.0. The molecule has 1 aromatic carbocycles. The van der Waals surface area contributed by atoms with Gasteiger partial charge in [0.2, 0.25) is 0 Å². The number of alkyl halides is 1. The lowest BCUT2D eigenvalue weighted by molar-refractivity contribution is 0.0641. The molecule has 0 saturated heterocycles. The minimum atomic E-state index is -0.924. The fourth-order valence-electron chi connectivity index (χ4n) is 2.34. The first kappa shape index (κ1) is 11.6.